The Bertz CT molecular complexity index is 393. The third-order valence-electron chi connectivity index (χ3n) is 2.94. The van der Waals surface area contributed by atoms with Crippen LogP contribution in [0.25, 0.3) is 0 Å². The van der Waals surface area contributed by atoms with E-state index in [1.165, 1.54) is 5.56 Å². The summed E-state index contributed by atoms with van der Waals surface area (Å²) in [6, 6.07) is 4.14. The first kappa shape index (κ1) is 15.7. The Hall–Kier alpha value is -1.35. The van der Waals surface area contributed by atoms with E-state index in [1.54, 1.807) is 0 Å². The molecule has 0 saturated carbocycles. The van der Waals surface area contributed by atoms with Crippen LogP contribution < -0.4 is 10.2 Å². The second-order valence-corrected chi connectivity index (χ2v) is 5.94. The summed E-state index contributed by atoms with van der Waals surface area (Å²) in [6.07, 6.45) is 5.99. The minimum atomic E-state index is 0.120. The summed E-state index contributed by atoms with van der Waals surface area (Å²) in [5.74, 6) is 1.07. The number of anilines is 1. The summed E-state index contributed by atoms with van der Waals surface area (Å²) in [7, 11) is 2.10. The molecule has 1 N–H and O–H groups in total. The van der Waals surface area contributed by atoms with Crippen molar-refractivity contribution in [1.82, 2.24) is 10.3 Å². The second-order valence-electron chi connectivity index (χ2n) is 5.94. The van der Waals surface area contributed by atoms with Gasteiger partial charge in [0.1, 0.15) is 5.82 Å². The van der Waals surface area contributed by atoms with E-state index in [9.17, 15) is 0 Å². The number of hydrogen-bond acceptors (Lipinski definition) is 3. The Morgan fingerprint density at radius 3 is 2.79 bits per heavy atom. The molecule has 0 unspecified atom stereocenters. The van der Waals surface area contributed by atoms with E-state index < -0.39 is 0 Å². The van der Waals surface area contributed by atoms with Crippen LogP contribution in [0.4, 0.5) is 5.82 Å². The Morgan fingerprint density at radius 2 is 2.16 bits per heavy atom. The molecule has 1 rings (SSSR count). The van der Waals surface area contributed by atoms with Crippen molar-refractivity contribution in [1.29, 1.82) is 0 Å². The molecular weight excluding hydrogens is 234 g/mol. The average molecular weight is 261 g/mol. The lowest BCUT2D eigenvalue weighted by molar-refractivity contribution is 0.424. The van der Waals surface area contributed by atoms with Gasteiger partial charge < -0.3 is 10.2 Å². The van der Waals surface area contributed by atoms with Crippen molar-refractivity contribution in [3.8, 4) is 0 Å². The molecule has 1 aromatic rings. The minimum absolute atomic E-state index is 0.120. The van der Waals surface area contributed by atoms with Crippen molar-refractivity contribution in [2.75, 3.05) is 18.5 Å². The fourth-order valence-corrected chi connectivity index (χ4v) is 1.85. The monoisotopic (exact) mass is 261 g/mol. The SMILES string of the molecule is C=CCCCN(C)c1ncccc1CNC(C)(C)C. The molecule has 1 aromatic heterocycles. The van der Waals surface area contributed by atoms with Gasteiger partial charge in [0.25, 0.3) is 0 Å². The van der Waals surface area contributed by atoms with Gasteiger partial charge in [0.05, 0.1) is 0 Å². The predicted octanol–water partition coefficient (Wildman–Crippen LogP) is 3.37. The summed E-state index contributed by atoms with van der Waals surface area (Å²) in [5.41, 5.74) is 1.37. The Labute approximate surface area is 117 Å². The average Bonchev–Trinajstić information content (AvgIpc) is 2.36. The summed E-state index contributed by atoms with van der Waals surface area (Å²) in [6.45, 7) is 12.1. The molecule has 0 spiro atoms. The van der Waals surface area contributed by atoms with Gasteiger partial charge in [0.2, 0.25) is 0 Å². The number of nitrogens with zero attached hydrogens (tertiary/aromatic N) is 2. The quantitative estimate of drug-likeness (QED) is 0.602. The smallest absolute Gasteiger partial charge is 0.132 e. The standard InChI is InChI=1S/C16H27N3/c1-6-7-8-12-19(5)15-14(10-9-11-17-15)13-18-16(2,3)4/h6,9-11,18H,1,7-8,12-13H2,2-5H3. The van der Waals surface area contributed by atoms with Crippen LogP contribution in [-0.2, 0) is 6.54 Å². The molecule has 0 aromatic carbocycles. The van der Waals surface area contributed by atoms with E-state index in [1.807, 2.05) is 18.3 Å². The highest BCUT2D eigenvalue weighted by atomic mass is 15.2. The number of hydrogen-bond donors (Lipinski definition) is 1. The fraction of sp³-hybridized carbons (Fsp3) is 0.562. The number of aromatic nitrogens is 1. The van der Waals surface area contributed by atoms with Crippen LogP contribution in [0.1, 0.15) is 39.2 Å². The molecule has 0 radical (unpaired) electrons. The highest BCUT2D eigenvalue weighted by Gasteiger charge is 2.12. The third-order valence-corrected chi connectivity index (χ3v) is 2.94. The molecule has 0 bridgehead atoms. The molecule has 0 atom stereocenters. The zero-order valence-corrected chi connectivity index (χ0v) is 12.7. The van der Waals surface area contributed by atoms with Crippen molar-refractivity contribution in [2.24, 2.45) is 0 Å². The molecule has 3 nitrogen and oxygen atoms in total. The van der Waals surface area contributed by atoms with Crippen molar-refractivity contribution in [3.63, 3.8) is 0 Å². The van der Waals surface area contributed by atoms with Gasteiger partial charge in [0, 0.05) is 37.4 Å². The molecule has 0 aliphatic rings. The lowest BCUT2D eigenvalue weighted by atomic mass is 10.1. The maximum absolute atomic E-state index is 4.52. The van der Waals surface area contributed by atoms with Gasteiger partial charge in [-0.15, -0.1) is 6.58 Å². The minimum Gasteiger partial charge on any atom is -0.359 e. The van der Waals surface area contributed by atoms with Crippen molar-refractivity contribution in [2.45, 2.75) is 45.7 Å². The van der Waals surface area contributed by atoms with Gasteiger partial charge in [0.15, 0.2) is 0 Å². The van der Waals surface area contributed by atoms with E-state index >= 15 is 0 Å². The van der Waals surface area contributed by atoms with Crippen LogP contribution in [0.3, 0.4) is 0 Å². The molecule has 0 fully saturated rings. The van der Waals surface area contributed by atoms with Gasteiger partial charge in [-0.1, -0.05) is 12.1 Å². The summed E-state index contributed by atoms with van der Waals surface area (Å²) < 4.78 is 0. The lowest BCUT2D eigenvalue weighted by Gasteiger charge is -2.24. The number of nitrogens with one attached hydrogen (secondary N) is 1. The third kappa shape index (κ3) is 5.88. The molecule has 0 aliphatic carbocycles. The molecule has 1 heterocycles. The Balaban J connectivity index is 2.69. The number of unbranched alkanes of at least 4 members (excludes halogenated alkanes) is 1. The van der Waals surface area contributed by atoms with Crippen LogP contribution in [0.5, 0.6) is 0 Å². The highest BCUT2D eigenvalue weighted by molar-refractivity contribution is 5.45. The van der Waals surface area contributed by atoms with Gasteiger partial charge in [-0.05, 0) is 39.7 Å². The van der Waals surface area contributed by atoms with Crippen LogP contribution >= 0.6 is 0 Å². The molecule has 0 saturated heterocycles. The van der Waals surface area contributed by atoms with E-state index in [2.05, 4.69) is 55.7 Å². The number of rotatable bonds is 7. The summed E-state index contributed by atoms with van der Waals surface area (Å²) in [4.78, 5) is 6.74. The van der Waals surface area contributed by atoms with Crippen LogP contribution in [0.15, 0.2) is 31.0 Å². The lowest BCUT2D eigenvalue weighted by Crippen LogP contribution is -2.35. The van der Waals surface area contributed by atoms with Crippen molar-refractivity contribution >= 4 is 5.82 Å². The Morgan fingerprint density at radius 1 is 1.42 bits per heavy atom. The molecule has 3 heteroatoms. The first-order chi connectivity index (χ1) is 8.94. The zero-order valence-electron chi connectivity index (χ0n) is 12.7. The zero-order chi connectivity index (χ0) is 14.3. The fourth-order valence-electron chi connectivity index (χ4n) is 1.85. The number of pyridine rings is 1. The maximum Gasteiger partial charge on any atom is 0.132 e. The highest BCUT2D eigenvalue weighted by Crippen LogP contribution is 2.17. The first-order valence-corrected chi connectivity index (χ1v) is 6.95. The normalized spacial score (nSPS) is 11.4. The molecular formula is C16H27N3. The van der Waals surface area contributed by atoms with Crippen LogP contribution in [0, 0.1) is 0 Å². The largest absolute Gasteiger partial charge is 0.359 e. The molecule has 0 amide bonds. The summed E-state index contributed by atoms with van der Waals surface area (Å²) >= 11 is 0. The van der Waals surface area contributed by atoms with Crippen molar-refractivity contribution in [3.05, 3.63) is 36.5 Å². The topological polar surface area (TPSA) is 28.2 Å². The van der Waals surface area contributed by atoms with E-state index in [4.69, 9.17) is 0 Å². The second kappa shape index (κ2) is 7.29. The molecule has 106 valence electrons. The molecule has 0 aliphatic heterocycles. The first-order valence-electron chi connectivity index (χ1n) is 6.95. The van der Waals surface area contributed by atoms with Crippen LogP contribution in [-0.4, -0.2) is 24.1 Å². The summed E-state index contributed by atoms with van der Waals surface area (Å²) in [5, 5.41) is 3.52. The maximum atomic E-state index is 4.52. The van der Waals surface area contributed by atoms with E-state index in [-0.39, 0.29) is 5.54 Å². The van der Waals surface area contributed by atoms with Crippen LogP contribution in [0.2, 0.25) is 0 Å². The van der Waals surface area contributed by atoms with Gasteiger partial charge >= 0.3 is 0 Å². The van der Waals surface area contributed by atoms with Gasteiger partial charge in [-0.25, -0.2) is 4.98 Å². The number of allylic oxidation sites excluding steroid dienone is 1. The van der Waals surface area contributed by atoms with Gasteiger partial charge in [-0.2, -0.15) is 0 Å². The van der Waals surface area contributed by atoms with Crippen molar-refractivity contribution < 1.29 is 0 Å². The van der Waals surface area contributed by atoms with E-state index in [0.717, 1.165) is 31.7 Å². The predicted molar refractivity (Wildman–Crippen MR) is 83.5 cm³/mol. The molecule has 19 heavy (non-hydrogen) atoms. The Kier molecular flexibility index (Phi) is 6.03. The van der Waals surface area contributed by atoms with Gasteiger partial charge in [-0.3, -0.25) is 0 Å². The van der Waals surface area contributed by atoms with E-state index in [0.29, 0.717) is 0 Å².